The van der Waals surface area contributed by atoms with Gasteiger partial charge in [0.05, 0.1) is 11.2 Å². The Bertz CT molecular complexity index is 423. The third-order valence-corrected chi connectivity index (χ3v) is 6.05. The van der Waals surface area contributed by atoms with E-state index in [0.29, 0.717) is 52.0 Å². The summed E-state index contributed by atoms with van der Waals surface area (Å²) in [6.07, 6.45) is 6.92. The maximum atomic E-state index is 12.1. The second-order valence-electron chi connectivity index (χ2n) is 8.04. The molecule has 6 nitrogen and oxygen atoms in total. The first-order valence-corrected chi connectivity index (χ1v) is 9.51. The molecular formula is C18H32N2O4. The fourth-order valence-corrected chi connectivity index (χ4v) is 4.21. The predicted octanol–water partition coefficient (Wildman–Crippen LogP) is 0.661. The molecule has 0 radical (unpaired) electrons. The first-order chi connectivity index (χ1) is 11.5. The lowest BCUT2D eigenvalue weighted by atomic mass is 9.88. The number of β-amino-alcohol motifs (C(OH)–C–C–N with tert-alkyl or cyclic N) is 1. The van der Waals surface area contributed by atoms with E-state index in [4.69, 9.17) is 4.74 Å². The lowest BCUT2D eigenvalue weighted by molar-refractivity contribution is -0.127. The van der Waals surface area contributed by atoms with Crippen molar-refractivity contribution in [1.29, 1.82) is 0 Å². The topological polar surface area (TPSA) is 82.0 Å². The first-order valence-electron chi connectivity index (χ1n) is 9.51. The fraction of sp³-hybridized carbons (Fsp3) is 0.944. The molecule has 3 aliphatic rings. The summed E-state index contributed by atoms with van der Waals surface area (Å²) in [5.74, 6) is 0.260. The third-order valence-electron chi connectivity index (χ3n) is 6.05. The van der Waals surface area contributed by atoms with Gasteiger partial charge in [0.15, 0.2) is 0 Å². The van der Waals surface area contributed by atoms with E-state index in [1.807, 2.05) is 0 Å². The van der Waals surface area contributed by atoms with Gasteiger partial charge in [0.2, 0.25) is 5.91 Å². The van der Waals surface area contributed by atoms with Crippen LogP contribution in [-0.2, 0) is 9.53 Å². The van der Waals surface area contributed by atoms with Crippen molar-refractivity contribution in [3.8, 4) is 0 Å². The second kappa shape index (κ2) is 7.68. The molecule has 0 atom stereocenters. The van der Waals surface area contributed by atoms with Crippen LogP contribution < -0.4 is 5.32 Å². The van der Waals surface area contributed by atoms with Crippen LogP contribution in [0.15, 0.2) is 0 Å². The summed E-state index contributed by atoms with van der Waals surface area (Å²) >= 11 is 0. The molecule has 3 N–H and O–H groups in total. The van der Waals surface area contributed by atoms with Crippen LogP contribution in [0.2, 0.25) is 0 Å². The van der Waals surface area contributed by atoms with Crippen molar-refractivity contribution in [2.24, 2.45) is 5.92 Å². The zero-order valence-corrected chi connectivity index (χ0v) is 14.6. The molecule has 3 fully saturated rings. The van der Waals surface area contributed by atoms with Gasteiger partial charge in [-0.15, -0.1) is 0 Å². The van der Waals surface area contributed by atoms with Crippen LogP contribution in [-0.4, -0.2) is 71.6 Å². The fourth-order valence-electron chi connectivity index (χ4n) is 4.21. The molecule has 1 aliphatic carbocycles. The lowest BCUT2D eigenvalue weighted by Crippen LogP contribution is -2.55. The predicted molar refractivity (Wildman–Crippen MR) is 90.6 cm³/mol. The Morgan fingerprint density at radius 2 is 1.67 bits per heavy atom. The Labute approximate surface area is 144 Å². The van der Waals surface area contributed by atoms with Gasteiger partial charge in [-0.3, -0.25) is 4.79 Å². The molecule has 0 aromatic heterocycles. The molecule has 1 saturated carbocycles. The van der Waals surface area contributed by atoms with E-state index in [2.05, 4.69) is 10.2 Å². The third kappa shape index (κ3) is 4.69. The number of ether oxygens (including phenoxy) is 1. The van der Waals surface area contributed by atoms with Crippen LogP contribution in [0.1, 0.15) is 51.4 Å². The Morgan fingerprint density at radius 1 is 1.04 bits per heavy atom. The average molecular weight is 340 g/mol. The number of amides is 1. The van der Waals surface area contributed by atoms with E-state index in [-0.39, 0.29) is 11.8 Å². The molecule has 0 spiro atoms. The van der Waals surface area contributed by atoms with Crippen LogP contribution in [0, 0.1) is 5.92 Å². The lowest BCUT2D eigenvalue weighted by Gasteiger charge is -2.42. The van der Waals surface area contributed by atoms with E-state index < -0.39 is 11.2 Å². The van der Waals surface area contributed by atoms with Crippen molar-refractivity contribution in [1.82, 2.24) is 10.2 Å². The van der Waals surface area contributed by atoms with Gasteiger partial charge in [0, 0.05) is 58.2 Å². The van der Waals surface area contributed by atoms with Gasteiger partial charge in [-0.1, -0.05) is 12.8 Å². The Morgan fingerprint density at radius 3 is 2.29 bits per heavy atom. The number of likely N-dealkylation sites (tertiary alicyclic amines) is 1. The molecule has 2 aliphatic heterocycles. The number of hydrogen-bond donors (Lipinski definition) is 3. The molecular weight excluding hydrogens is 308 g/mol. The molecule has 0 aromatic rings. The zero-order valence-electron chi connectivity index (χ0n) is 14.6. The minimum Gasteiger partial charge on any atom is -0.388 e. The molecule has 1 amide bonds. The number of carbonyl (C=O) groups is 1. The van der Waals surface area contributed by atoms with Gasteiger partial charge in [0.1, 0.15) is 0 Å². The summed E-state index contributed by atoms with van der Waals surface area (Å²) in [4.78, 5) is 14.4. The Kier molecular flexibility index (Phi) is 5.80. The van der Waals surface area contributed by atoms with Gasteiger partial charge in [-0.2, -0.15) is 0 Å². The van der Waals surface area contributed by atoms with Gasteiger partial charge < -0.3 is 25.2 Å². The Balaban J connectivity index is 1.40. The molecule has 3 rings (SSSR count). The number of hydrogen-bond acceptors (Lipinski definition) is 5. The molecule has 138 valence electrons. The summed E-state index contributed by atoms with van der Waals surface area (Å²) in [7, 11) is 0. The number of rotatable bonds is 5. The van der Waals surface area contributed by atoms with Gasteiger partial charge >= 0.3 is 0 Å². The maximum Gasteiger partial charge on any atom is 0.223 e. The highest BCUT2D eigenvalue weighted by Gasteiger charge is 2.37. The molecule has 24 heavy (non-hydrogen) atoms. The monoisotopic (exact) mass is 340 g/mol. The van der Waals surface area contributed by atoms with Crippen molar-refractivity contribution < 1.29 is 19.7 Å². The van der Waals surface area contributed by atoms with E-state index >= 15 is 0 Å². The summed E-state index contributed by atoms with van der Waals surface area (Å²) in [6, 6.07) is 0. The summed E-state index contributed by atoms with van der Waals surface area (Å²) in [6.45, 7) is 3.79. The van der Waals surface area contributed by atoms with Crippen LogP contribution in [0.5, 0.6) is 0 Å². The van der Waals surface area contributed by atoms with Crippen molar-refractivity contribution in [2.45, 2.75) is 62.6 Å². The van der Waals surface area contributed by atoms with Crippen molar-refractivity contribution in [3.05, 3.63) is 0 Å². The molecule has 6 heteroatoms. The second-order valence-corrected chi connectivity index (χ2v) is 8.04. The van der Waals surface area contributed by atoms with E-state index in [1.165, 1.54) is 0 Å². The number of piperidine rings is 1. The Hall–Kier alpha value is -0.690. The highest BCUT2D eigenvalue weighted by molar-refractivity contribution is 5.78. The van der Waals surface area contributed by atoms with Crippen molar-refractivity contribution in [2.75, 3.05) is 39.4 Å². The number of carbonyl (C=O) groups excluding carboxylic acids is 1. The van der Waals surface area contributed by atoms with Crippen molar-refractivity contribution in [3.63, 3.8) is 0 Å². The number of nitrogens with one attached hydrogen (secondary N) is 1. The zero-order chi connectivity index (χ0) is 17.0. The van der Waals surface area contributed by atoms with E-state index in [1.54, 1.807) is 0 Å². The molecule has 0 bridgehead atoms. The van der Waals surface area contributed by atoms with Crippen LogP contribution in [0.25, 0.3) is 0 Å². The van der Waals surface area contributed by atoms with Crippen LogP contribution >= 0.6 is 0 Å². The smallest absolute Gasteiger partial charge is 0.223 e. The summed E-state index contributed by atoms with van der Waals surface area (Å²) in [5, 5.41) is 24.3. The number of nitrogens with zero attached hydrogens (tertiary/aromatic N) is 1. The van der Waals surface area contributed by atoms with Gasteiger partial charge in [0.25, 0.3) is 0 Å². The number of aliphatic hydroxyl groups is 2. The summed E-state index contributed by atoms with van der Waals surface area (Å²) in [5.41, 5.74) is -1.45. The highest BCUT2D eigenvalue weighted by atomic mass is 16.5. The minimum atomic E-state index is -0.803. The molecule has 2 saturated heterocycles. The average Bonchev–Trinajstić information content (AvgIpc) is 3.10. The van der Waals surface area contributed by atoms with Gasteiger partial charge in [-0.25, -0.2) is 0 Å². The highest BCUT2D eigenvalue weighted by Crippen LogP contribution is 2.28. The maximum absolute atomic E-state index is 12.1. The quantitative estimate of drug-likeness (QED) is 0.685. The molecule has 2 heterocycles. The minimum absolute atomic E-state index is 0.111. The normalized spacial score (nSPS) is 27.9. The SMILES string of the molecule is O=C(NCC1(O)CCN(CC2(O)CCOCC2)CC1)C1CCCC1. The molecule has 0 aromatic carbocycles. The van der Waals surface area contributed by atoms with Crippen LogP contribution in [0.3, 0.4) is 0 Å². The van der Waals surface area contributed by atoms with Crippen molar-refractivity contribution >= 4 is 5.91 Å². The standard InChI is InChI=1S/C18H32N2O4/c21-16(15-3-1-2-4-15)19-13-17(22)5-9-20(10-6-17)14-18(23)7-11-24-12-8-18/h15,22-23H,1-14H2,(H,19,21). The van der Waals surface area contributed by atoms with Crippen LogP contribution in [0.4, 0.5) is 0 Å². The summed E-state index contributed by atoms with van der Waals surface area (Å²) < 4.78 is 5.32. The van der Waals surface area contributed by atoms with Gasteiger partial charge in [-0.05, 0) is 25.7 Å². The molecule has 0 unspecified atom stereocenters. The van der Waals surface area contributed by atoms with E-state index in [9.17, 15) is 15.0 Å². The van der Waals surface area contributed by atoms with E-state index in [0.717, 1.165) is 38.8 Å². The largest absolute Gasteiger partial charge is 0.388 e. The first kappa shape index (κ1) is 18.1.